The molecule has 0 aliphatic heterocycles. The molecule has 3 aromatic rings. The van der Waals surface area contributed by atoms with Crippen LogP contribution in [0.1, 0.15) is 5.76 Å². The van der Waals surface area contributed by atoms with E-state index in [-0.39, 0.29) is 10.6 Å². The summed E-state index contributed by atoms with van der Waals surface area (Å²) in [6.07, 6.45) is 1.35. The van der Waals surface area contributed by atoms with Gasteiger partial charge in [-0.2, -0.15) is 5.26 Å². The Morgan fingerprint density at radius 3 is 2.52 bits per heavy atom. The highest BCUT2D eigenvalue weighted by Gasteiger charge is 2.13. The third kappa shape index (κ3) is 4.72. The molecule has 0 unspecified atom stereocenters. The Bertz CT molecular complexity index is 1080. The van der Waals surface area contributed by atoms with Crippen molar-refractivity contribution >= 4 is 52.5 Å². The third-order valence-electron chi connectivity index (χ3n) is 3.57. The zero-order valence-corrected chi connectivity index (χ0v) is 15.9. The number of nitrogens with zero attached hydrogens (tertiary/aromatic N) is 1. The van der Waals surface area contributed by atoms with Gasteiger partial charge in [0.05, 0.1) is 10.7 Å². The van der Waals surface area contributed by atoms with Crippen LogP contribution >= 0.6 is 34.8 Å². The quantitative estimate of drug-likeness (QED) is 0.392. The van der Waals surface area contributed by atoms with Gasteiger partial charge >= 0.3 is 0 Å². The summed E-state index contributed by atoms with van der Waals surface area (Å²) in [6.45, 7) is 0. The van der Waals surface area contributed by atoms with Crippen molar-refractivity contribution in [3.8, 4) is 17.4 Å². The molecule has 134 valence electrons. The summed E-state index contributed by atoms with van der Waals surface area (Å²) in [4.78, 5) is 12.4. The lowest BCUT2D eigenvalue weighted by Gasteiger charge is -2.06. The molecule has 0 fully saturated rings. The van der Waals surface area contributed by atoms with Gasteiger partial charge in [-0.3, -0.25) is 4.79 Å². The first kappa shape index (κ1) is 19.1. The minimum absolute atomic E-state index is 0.131. The van der Waals surface area contributed by atoms with Crippen molar-refractivity contribution in [1.29, 1.82) is 5.26 Å². The SMILES string of the molecule is N#C/C(=C\c1ccc(-c2cccc(Cl)c2)o1)C(=O)Nc1ccc(Cl)cc1Cl. The number of rotatable bonds is 4. The van der Waals surface area contributed by atoms with Crippen LogP contribution in [0.3, 0.4) is 0 Å². The number of benzene rings is 2. The Labute approximate surface area is 170 Å². The molecule has 1 aromatic heterocycles. The molecule has 0 aliphatic rings. The Morgan fingerprint density at radius 1 is 1.04 bits per heavy atom. The predicted octanol–water partition coefficient (Wildman–Crippen LogP) is 6.45. The van der Waals surface area contributed by atoms with E-state index in [0.29, 0.717) is 27.3 Å². The molecule has 3 rings (SSSR count). The topological polar surface area (TPSA) is 66.0 Å². The number of carbonyl (C=O) groups is 1. The Kier molecular flexibility index (Phi) is 5.88. The first-order valence-electron chi connectivity index (χ1n) is 7.70. The van der Waals surface area contributed by atoms with Crippen LogP contribution in [0, 0.1) is 11.3 Å². The standard InChI is InChI=1S/C20H11Cl3N2O2/c21-14-3-1-2-12(8-14)19-7-5-16(27-19)9-13(11-24)20(26)25-18-6-4-15(22)10-17(18)23/h1-10H,(H,25,26)/b13-9+. The molecule has 0 aliphatic carbocycles. The lowest BCUT2D eigenvalue weighted by molar-refractivity contribution is -0.112. The van der Waals surface area contributed by atoms with Gasteiger partial charge in [-0.15, -0.1) is 0 Å². The van der Waals surface area contributed by atoms with E-state index in [0.717, 1.165) is 5.56 Å². The molecule has 4 nitrogen and oxygen atoms in total. The number of anilines is 1. The minimum atomic E-state index is -0.609. The summed E-state index contributed by atoms with van der Waals surface area (Å²) in [5.74, 6) is 0.323. The third-order valence-corrected chi connectivity index (χ3v) is 4.35. The van der Waals surface area contributed by atoms with E-state index in [1.165, 1.54) is 12.1 Å². The molecule has 0 saturated heterocycles. The summed E-state index contributed by atoms with van der Waals surface area (Å²) >= 11 is 17.8. The van der Waals surface area contributed by atoms with Crippen molar-refractivity contribution in [2.24, 2.45) is 0 Å². The summed E-state index contributed by atoms with van der Waals surface area (Å²) in [7, 11) is 0. The summed E-state index contributed by atoms with van der Waals surface area (Å²) in [6, 6.07) is 17.1. The molecule has 0 spiro atoms. The number of nitriles is 1. The number of hydrogen-bond acceptors (Lipinski definition) is 3. The van der Waals surface area contributed by atoms with Gasteiger partial charge in [0.2, 0.25) is 0 Å². The van der Waals surface area contributed by atoms with Gasteiger partial charge in [-0.1, -0.05) is 46.9 Å². The number of halogens is 3. The van der Waals surface area contributed by atoms with Crippen LogP contribution in [0.25, 0.3) is 17.4 Å². The average molecular weight is 418 g/mol. The Balaban J connectivity index is 1.82. The molecule has 1 amide bonds. The van der Waals surface area contributed by atoms with Gasteiger partial charge < -0.3 is 9.73 Å². The van der Waals surface area contributed by atoms with E-state index >= 15 is 0 Å². The molecule has 0 atom stereocenters. The van der Waals surface area contributed by atoms with E-state index in [9.17, 15) is 10.1 Å². The van der Waals surface area contributed by atoms with Gasteiger partial charge in [0.15, 0.2) is 0 Å². The first-order chi connectivity index (χ1) is 13.0. The number of nitrogens with one attached hydrogen (secondary N) is 1. The Morgan fingerprint density at radius 2 is 1.81 bits per heavy atom. The number of amides is 1. The molecule has 0 bridgehead atoms. The molecule has 0 radical (unpaired) electrons. The van der Waals surface area contributed by atoms with Crippen LogP contribution < -0.4 is 5.32 Å². The molecular formula is C20H11Cl3N2O2. The number of carbonyl (C=O) groups excluding carboxylic acids is 1. The van der Waals surface area contributed by atoms with Gasteiger partial charge in [0.25, 0.3) is 5.91 Å². The van der Waals surface area contributed by atoms with E-state index in [2.05, 4.69) is 5.32 Å². The zero-order valence-electron chi connectivity index (χ0n) is 13.7. The van der Waals surface area contributed by atoms with Crippen LogP contribution in [-0.4, -0.2) is 5.91 Å². The second kappa shape index (κ2) is 8.32. The number of furan rings is 1. The van der Waals surface area contributed by atoms with Crippen molar-refractivity contribution in [3.05, 3.63) is 81.0 Å². The van der Waals surface area contributed by atoms with Crippen LogP contribution in [0.2, 0.25) is 15.1 Å². The first-order valence-corrected chi connectivity index (χ1v) is 8.83. The van der Waals surface area contributed by atoms with E-state index in [1.54, 1.807) is 42.5 Å². The molecular weight excluding hydrogens is 407 g/mol. The maximum atomic E-state index is 12.4. The van der Waals surface area contributed by atoms with Crippen molar-refractivity contribution in [3.63, 3.8) is 0 Å². The van der Waals surface area contributed by atoms with E-state index in [1.807, 2.05) is 12.1 Å². The fraction of sp³-hybridized carbons (Fsp3) is 0. The van der Waals surface area contributed by atoms with Crippen molar-refractivity contribution < 1.29 is 9.21 Å². The highest BCUT2D eigenvalue weighted by atomic mass is 35.5. The van der Waals surface area contributed by atoms with Crippen molar-refractivity contribution in [2.75, 3.05) is 5.32 Å². The van der Waals surface area contributed by atoms with Crippen LogP contribution in [-0.2, 0) is 4.79 Å². The normalized spacial score (nSPS) is 11.1. The summed E-state index contributed by atoms with van der Waals surface area (Å²) in [5.41, 5.74) is 1.01. The van der Waals surface area contributed by atoms with Gasteiger partial charge in [-0.25, -0.2) is 0 Å². The summed E-state index contributed by atoms with van der Waals surface area (Å²) in [5, 5.41) is 13.2. The highest BCUT2D eigenvalue weighted by molar-refractivity contribution is 6.37. The average Bonchev–Trinajstić information content (AvgIpc) is 3.10. The maximum absolute atomic E-state index is 12.4. The fourth-order valence-electron chi connectivity index (χ4n) is 2.30. The second-order valence-electron chi connectivity index (χ2n) is 5.46. The minimum Gasteiger partial charge on any atom is -0.457 e. The van der Waals surface area contributed by atoms with Crippen molar-refractivity contribution in [2.45, 2.75) is 0 Å². The fourth-order valence-corrected chi connectivity index (χ4v) is 2.94. The smallest absolute Gasteiger partial charge is 0.266 e. The zero-order chi connectivity index (χ0) is 19.4. The summed E-state index contributed by atoms with van der Waals surface area (Å²) < 4.78 is 5.69. The van der Waals surface area contributed by atoms with Crippen LogP contribution in [0.4, 0.5) is 5.69 Å². The maximum Gasteiger partial charge on any atom is 0.266 e. The monoisotopic (exact) mass is 416 g/mol. The Hall–Kier alpha value is -2.71. The largest absolute Gasteiger partial charge is 0.457 e. The van der Waals surface area contributed by atoms with Gasteiger partial charge in [0.1, 0.15) is 23.2 Å². The molecule has 1 heterocycles. The van der Waals surface area contributed by atoms with Gasteiger partial charge in [-0.05, 0) is 42.5 Å². The molecule has 0 saturated carbocycles. The molecule has 7 heteroatoms. The predicted molar refractivity (Wildman–Crippen MR) is 108 cm³/mol. The van der Waals surface area contributed by atoms with E-state index < -0.39 is 5.91 Å². The lowest BCUT2D eigenvalue weighted by Crippen LogP contribution is -2.13. The van der Waals surface area contributed by atoms with E-state index in [4.69, 9.17) is 39.2 Å². The molecule has 27 heavy (non-hydrogen) atoms. The van der Waals surface area contributed by atoms with Crippen LogP contribution in [0.15, 0.2) is 64.6 Å². The van der Waals surface area contributed by atoms with Gasteiger partial charge in [0, 0.05) is 21.7 Å². The molecule has 2 aromatic carbocycles. The van der Waals surface area contributed by atoms with Crippen LogP contribution in [0.5, 0.6) is 0 Å². The molecule has 1 N–H and O–H groups in total. The number of hydrogen-bond donors (Lipinski definition) is 1. The second-order valence-corrected chi connectivity index (χ2v) is 6.74. The van der Waals surface area contributed by atoms with Crippen molar-refractivity contribution in [1.82, 2.24) is 0 Å². The highest BCUT2D eigenvalue weighted by Crippen LogP contribution is 2.27. The lowest BCUT2D eigenvalue weighted by atomic mass is 10.2.